The van der Waals surface area contributed by atoms with E-state index in [9.17, 15) is 0 Å². The minimum absolute atomic E-state index is 0.702. The van der Waals surface area contributed by atoms with Crippen molar-refractivity contribution in [2.75, 3.05) is 12.4 Å². The first-order chi connectivity index (χ1) is 13.6. The molecule has 0 saturated carbocycles. The fourth-order valence-electron chi connectivity index (χ4n) is 2.91. The van der Waals surface area contributed by atoms with E-state index in [0.29, 0.717) is 5.02 Å². The molecule has 9 heteroatoms. The monoisotopic (exact) mass is 427 g/mol. The van der Waals surface area contributed by atoms with Gasteiger partial charge in [0.15, 0.2) is 5.13 Å². The Morgan fingerprint density at radius 3 is 2.64 bits per heavy atom. The molecule has 0 unspecified atom stereocenters. The third kappa shape index (κ3) is 3.09. The number of anilines is 2. The first kappa shape index (κ1) is 17.4. The van der Waals surface area contributed by atoms with Crippen LogP contribution in [0.1, 0.15) is 5.69 Å². The predicted octanol–water partition coefficient (Wildman–Crippen LogP) is 5.81. The second-order valence-corrected chi connectivity index (χ2v) is 8.65. The summed E-state index contributed by atoms with van der Waals surface area (Å²) in [6, 6.07) is 13.5. The van der Waals surface area contributed by atoms with E-state index in [1.165, 1.54) is 0 Å². The highest BCUT2D eigenvalue weighted by molar-refractivity contribution is 7.22. The van der Waals surface area contributed by atoms with Crippen LogP contribution in [0.3, 0.4) is 0 Å². The zero-order chi connectivity index (χ0) is 19.3. The third-order valence-electron chi connectivity index (χ3n) is 4.18. The van der Waals surface area contributed by atoms with Crippen LogP contribution in [0.2, 0.25) is 5.02 Å². The van der Waals surface area contributed by atoms with Crippen molar-refractivity contribution in [2.24, 2.45) is 0 Å². The fraction of sp³-hybridized carbons (Fsp3) is 0.105. The lowest BCUT2D eigenvalue weighted by Gasteiger charge is -2.03. The van der Waals surface area contributed by atoms with Gasteiger partial charge < -0.3 is 10.1 Å². The summed E-state index contributed by atoms with van der Waals surface area (Å²) in [5, 5.41) is 10.2. The Bertz CT molecular complexity index is 1320. The van der Waals surface area contributed by atoms with Crippen LogP contribution in [0, 0.1) is 6.92 Å². The summed E-state index contributed by atoms with van der Waals surface area (Å²) in [4.78, 5) is 9.35. The average molecular weight is 428 g/mol. The number of halogens is 1. The number of ether oxygens (including phenoxy) is 1. The Morgan fingerprint density at radius 2 is 1.79 bits per heavy atom. The summed E-state index contributed by atoms with van der Waals surface area (Å²) >= 11 is 9.19. The second kappa shape index (κ2) is 6.73. The van der Waals surface area contributed by atoms with E-state index in [1.54, 1.807) is 29.8 Å². The minimum atomic E-state index is 0.702. The standard InChI is InChI=1S/C19H14ClN5OS2/c1-10-7-17(23-18-21-13-5-3-11(20)8-15(13)27-18)25(24-10)19-22-14-6-4-12(26-2)9-16(14)28-19/h3-9H,1-2H3,(H,21,23). The van der Waals surface area contributed by atoms with Gasteiger partial charge in [-0.25, -0.2) is 9.97 Å². The number of thiazole rings is 2. The van der Waals surface area contributed by atoms with E-state index in [4.69, 9.17) is 21.3 Å². The number of aryl methyl sites for hydroxylation is 1. The summed E-state index contributed by atoms with van der Waals surface area (Å²) < 4.78 is 9.20. The molecule has 0 fully saturated rings. The van der Waals surface area contributed by atoms with Crippen LogP contribution in [0.5, 0.6) is 5.75 Å². The maximum Gasteiger partial charge on any atom is 0.213 e. The Hall–Kier alpha value is -2.68. The minimum Gasteiger partial charge on any atom is -0.497 e. The van der Waals surface area contributed by atoms with Gasteiger partial charge in [-0.3, -0.25) is 0 Å². The van der Waals surface area contributed by atoms with Crippen molar-refractivity contribution in [3.8, 4) is 10.9 Å². The van der Waals surface area contributed by atoms with E-state index in [1.807, 2.05) is 54.1 Å². The second-order valence-electron chi connectivity index (χ2n) is 6.17. The van der Waals surface area contributed by atoms with Gasteiger partial charge >= 0.3 is 0 Å². The van der Waals surface area contributed by atoms with Gasteiger partial charge in [0.1, 0.15) is 11.6 Å². The highest BCUT2D eigenvalue weighted by Gasteiger charge is 2.15. The van der Waals surface area contributed by atoms with Gasteiger partial charge in [-0.1, -0.05) is 34.3 Å². The maximum atomic E-state index is 6.09. The van der Waals surface area contributed by atoms with Crippen molar-refractivity contribution in [3.05, 3.63) is 53.2 Å². The topological polar surface area (TPSA) is 64.9 Å². The van der Waals surface area contributed by atoms with Crippen LogP contribution < -0.4 is 10.1 Å². The Kier molecular flexibility index (Phi) is 4.19. The first-order valence-corrected chi connectivity index (χ1v) is 10.4. The normalized spacial score (nSPS) is 11.4. The van der Waals surface area contributed by atoms with E-state index >= 15 is 0 Å². The molecule has 0 aliphatic heterocycles. The number of methoxy groups -OCH3 is 1. The van der Waals surface area contributed by atoms with Crippen molar-refractivity contribution in [1.82, 2.24) is 19.7 Å². The fourth-order valence-corrected chi connectivity index (χ4v) is 5.01. The van der Waals surface area contributed by atoms with Crippen molar-refractivity contribution < 1.29 is 4.74 Å². The molecule has 3 aromatic heterocycles. The van der Waals surface area contributed by atoms with E-state index < -0.39 is 0 Å². The Balaban J connectivity index is 1.54. The number of hydrogen-bond donors (Lipinski definition) is 1. The van der Waals surface area contributed by atoms with Gasteiger partial charge in [-0.15, -0.1) is 0 Å². The van der Waals surface area contributed by atoms with E-state index in [0.717, 1.165) is 48.0 Å². The van der Waals surface area contributed by atoms with Crippen molar-refractivity contribution in [3.63, 3.8) is 0 Å². The molecule has 140 valence electrons. The summed E-state index contributed by atoms with van der Waals surface area (Å²) in [5.41, 5.74) is 2.71. The van der Waals surface area contributed by atoms with Crippen LogP contribution in [0.4, 0.5) is 10.9 Å². The molecule has 0 radical (unpaired) electrons. The van der Waals surface area contributed by atoms with Gasteiger partial charge in [0, 0.05) is 11.1 Å². The van der Waals surface area contributed by atoms with Crippen LogP contribution >= 0.6 is 34.3 Å². The lowest BCUT2D eigenvalue weighted by molar-refractivity contribution is 0.415. The molecule has 0 saturated heterocycles. The summed E-state index contributed by atoms with van der Waals surface area (Å²) in [5.74, 6) is 1.62. The molecular formula is C19H14ClN5OS2. The van der Waals surface area contributed by atoms with E-state index in [-0.39, 0.29) is 0 Å². The van der Waals surface area contributed by atoms with Crippen molar-refractivity contribution in [1.29, 1.82) is 0 Å². The number of hydrogen-bond acceptors (Lipinski definition) is 7. The van der Waals surface area contributed by atoms with Crippen LogP contribution in [0.25, 0.3) is 25.6 Å². The predicted molar refractivity (Wildman–Crippen MR) is 116 cm³/mol. The third-order valence-corrected chi connectivity index (χ3v) is 6.34. The smallest absolute Gasteiger partial charge is 0.213 e. The number of benzene rings is 2. The largest absolute Gasteiger partial charge is 0.497 e. The molecule has 6 nitrogen and oxygen atoms in total. The van der Waals surface area contributed by atoms with Gasteiger partial charge in [0.05, 0.1) is 33.2 Å². The summed E-state index contributed by atoms with van der Waals surface area (Å²) in [7, 11) is 1.66. The maximum absolute atomic E-state index is 6.09. The van der Waals surface area contributed by atoms with Crippen LogP contribution in [0.15, 0.2) is 42.5 Å². The molecule has 0 amide bonds. The molecule has 0 bridgehead atoms. The number of rotatable bonds is 4. The highest BCUT2D eigenvalue weighted by atomic mass is 35.5. The zero-order valence-electron chi connectivity index (χ0n) is 14.9. The number of aromatic nitrogens is 4. The summed E-state index contributed by atoms with van der Waals surface area (Å²) in [6.07, 6.45) is 0. The molecule has 5 rings (SSSR count). The van der Waals surface area contributed by atoms with E-state index in [2.05, 4.69) is 15.4 Å². The Labute approximate surface area is 173 Å². The number of nitrogens with zero attached hydrogens (tertiary/aromatic N) is 4. The molecule has 0 spiro atoms. The lowest BCUT2D eigenvalue weighted by Crippen LogP contribution is -2.01. The van der Waals surface area contributed by atoms with Crippen molar-refractivity contribution in [2.45, 2.75) is 6.92 Å². The molecule has 3 heterocycles. The molecule has 0 atom stereocenters. The van der Waals surface area contributed by atoms with Crippen LogP contribution in [-0.2, 0) is 0 Å². The highest BCUT2D eigenvalue weighted by Crippen LogP contribution is 2.33. The zero-order valence-corrected chi connectivity index (χ0v) is 17.3. The lowest BCUT2D eigenvalue weighted by atomic mass is 10.3. The number of nitrogens with one attached hydrogen (secondary N) is 1. The average Bonchev–Trinajstić information content (AvgIpc) is 3.36. The summed E-state index contributed by atoms with van der Waals surface area (Å²) in [6.45, 7) is 1.95. The number of fused-ring (bicyclic) bond motifs is 2. The van der Waals surface area contributed by atoms with Gasteiger partial charge in [0.25, 0.3) is 0 Å². The van der Waals surface area contributed by atoms with Gasteiger partial charge in [0.2, 0.25) is 5.13 Å². The molecule has 5 aromatic rings. The van der Waals surface area contributed by atoms with Gasteiger partial charge in [-0.05, 0) is 43.3 Å². The van der Waals surface area contributed by atoms with Gasteiger partial charge in [-0.2, -0.15) is 9.78 Å². The van der Waals surface area contributed by atoms with Crippen LogP contribution in [-0.4, -0.2) is 26.9 Å². The molecule has 28 heavy (non-hydrogen) atoms. The SMILES string of the molecule is COc1ccc2nc(-n3nc(C)cc3Nc3nc4ccc(Cl)cc4s3)sc2c1. The molecule has 0 aliphatic rings. The molecule has 1 N–H and O–H groups in total. The Morgan fingerprint density at radius 1 is 1.00 bits per heavy atom. The molecule has 2 aromatic carbocycles. The quantitative estimate of drug-likeness (QED) is 0.392. The molecule has 0 aliphatic carbocycles. The van der Waals surface area contributed by atoms with Crippen molar-refractivity contribution >= 4 is 65.7 Å². The molecular weight excluding hydrogens is 414 g/mol. The first-order valence-electron chi connectivity index (χ1n) is 8.44.